The van der Waals surface area contributed by atoms with Crippen molar-refractivity contribution in [3.05, 3.63) is 76.2 Å². The van der Waals surface area contributed by atoms with Crippen molar-refractivity contribution in [2.24, 2.45) is 0 Å². The molecule has 40 heavy (non-hydrogen) atoms. The van der Waals surface area contributed by atoms with E-state index < -0.39 is 7.60 Å². The fourth-order valence-electron chi connectivity index (χ4n) is 5.55. The highest BCUT2D eigenvalue weighted by Crippen LogP contribution is 2.37. The van der Waals surface area contributed by atoms with E-state index in [2.05, 4.69) is 46.3 Å². The van der Waals surface area contributed by atoms with Crippen LogP contribution in [0.25, 0.3) is 10.4 Å². The number of hydrogen-bond donors (Lipinski definition) is 5. The molecule has 0 unspecified atom stereocenters. The standard InChI is InChI=1S/C30H39N4O4PS/c1-20-10-11-25(33-26-17-34(18-26)19-39(36,37)38)15-28(20)30(35)32-21(2)22-6-5-7-23(14-22)29-13-12-27(40-29)16-31-24-8-3-4-9-24/h5-7,10-15,21,24,26,31,33H,3-4,8-9,16-19H2,1-2H3,(H,32,35)(H2,36,37,38)/t21-/m1/s1. The average molecular weight is 583 g/mol. The third-order valence-electron chi connectivity index (χ3n) is 7.79. The number of rotatable bonds is 11. The highest BCUT2D eigenvalue weighted by molar-refractivity contribution is 7.51. The normalized spacial score (nSPS) is 17.5. The summed E-state index contributed by atoms with van der Waals surface area (Å²) in [5.74, 6) is -0.132. The van der Waals surface area contributed by atoms with Crippen LogP contribution < -0.4 is 16.0 Å². The summed E-state index contributed by atoms with van der Waals surface area (Å²) in [6.45, 7) is 5.95. The first kappa shape index (κ1) is 29.0. The van der Waals surface area contributed by atoms with Gasteiger partial charge in [-0.3, -0.25) is 14.3 Å². The first-order chi connectivity index (χ1) is 19.1. The minimum Gasteiger partial charge on any atom is -0.380 e. The number of likely N-dealkylation sites (tertiary alicyclic amines) is 1. The second-order valence-electron chi connectivity index (χ2n) is 11.2. The number of nitrogens with zero attached hydrogens (tertiary/aromatic N) is 1. The Morgan fingerprint density at radius 2 is 1.85 bits per heavy atom. The second-order valence-corrected chi connectivity index (χ2v) is 13.9. The number of benzene rings is 2. The average Bonchev–Trinajstić information content (AvgIpc) is 3.59. The predicted octanol–water partition coefficient (Wildman–Crippen LogP) is 5.48. The molecular formula is C30H39N4O4PS. The van der Waals surface area contributed by atoms with Crippen molar-refractivity contribution in [1.29, 1.82) is 0 Å². The molecular weight excluding hydrogens is 543 g/mol. The summed E-state index contributed by atoms with van der Waals surface area (Å²) in [5, 5.41) is 10.2. The van der Waals surface area contributed by atoms with Crippen LogP contribution in [0, 0.1) is 6.92 Å². The maximum atomic E-state index is 13.3. The van der Waals surface area contributed by atoms with Crippen LogP contribution in [0.2, 0.25) is 0 Å². The molecule has 5 N–H and O–H groups in total. The van der Waals surface area contributed by atoms with E-state index in [0.29, 0.717) is 24.7 Å². The summed E-state index contributed by atoms with van der Waals surface area (Å²) in [7, 11) is -4.05. The van der Waals surface area contributed by atoms with E-state index in [1.807, 2.05) is 49.4 Å². The van der Waals surface area contributed by atoms with Crippen molar-refractivity contribution in [2.45, 2.75) is 64.2 Å². The van der Waals surface area contributed by atoms with Gasteiger partial charge in [0.05, 0.1) is 12.1 Å². The van der Waals surface area contributed by atoms with Gasteiger partial charge in [-0.25, -0.2) is 0 Å². The summed E-state index contributed by atoms with van der Waals surface area (Å²) in [6, 6.07) is 19.1. The lowest BCUT2D eigenvalue weighted by Crippen LogP contribution is -2.54. The maximum Gasteiger partial charge on any atom is 0.339 e. The van der Waals surface area contributed by atoms with Crippen molar-refractivity contribution in [2.75, 3.05) is 24.7 Å². The lowest BCUT2D eigenvalue weighted by Gasteiger charge is -2.40. The van der Waals surface area contributed by atoms with Crippen LogP contribution in [-0.2, 0) is 11.1 Å². The molecule has 2 heterocycles. The van der Waals surface area contributed by atoms with E-state index in [9.17, 15) is 9.36 Å². The molecule has 1 saturated heterocycles. The largest absolute Gasteiger partial charge is 0.380 e. The van der Waals surface area contributed by atoms with Crippen molar-refractivity contribution < 1.29 is 19.1 Å². The number of thiophene rings is 1. The smallest absolute Gasteiger partial charge is 0.339 e. The number of aryl methyl sites for hydroxylation is 1. The quantitative estimate of drug-likeness (QED) is 0.190. The molecule has 10 heteroatoms. The van der Waals surface area contributed by atoms with E-state index in [-0.39, 0.29) is 24.3 Å². The van der Waals surface area contributed by atoms with Crippen LogP contribution in [0.4, 0.5) is 5.69 Å². The van der Waals surface area contributed by atoms with E-state index >= 15 is 0 Å². The van der Waals surface area contributed by atoms with Crippen molar-refractivity contribution in [1.82, 2.24) is 15.5 Å². The Balaban J connectivity index is 1.18. The second kappa shape index (κ2) is 12.6. The van der Waals surface area contributed by atoms with Crippen LogP contribution >= 0.6 is 18.9 Å². The lowest BCUT2D eigenvalue weighted by atomic mass is 10.0. The van der Waals surface area contributed by atoms with Gasteiger partial charge in [-0.2, -0.15) is 0 Å². The molecule has 1 aliphatic heterocycles. The van der Waals surface area contributed by atoms with E-state index in [0.717, 1.165) is 28.9 Å². The van der Waals surface area contributed by atoms with Gasteiger partial charge in [0.1, 0.15) is 6.29 Å². The molecule has 214 valence electrons. The zero-order valence-electron chi connectivity index (χ0n) is 23.1. The Bertz CT molecular complexity index is 1380. The summed E-state index contributed by atoms with van der Waals surface area (Å²) in [5.41, 5.74) is 4.53. The Kier molecular flexibility index (Phi) is 9.10. The Hall–Kier alpha value is -2.52. The van der Waals surface area contributed by atoms with Gasteiger partial charge in [0, 0.05) is 46.7 Å². The summed E-state index contributed by atoms with van der Waals surface area (Å²) < 4.78 is 11.2. The molecule has 0 bridgehead atoms. The molecule has 1 atom stereocenters. The van der Waals surface area contributed by atoms with Gasteiger partial charge in [-0.1, -0.05) is 37.1 Å². The molecule has 8 nitrogen and oxygen atoms in total. The zero-order valence-corrected chi connectivity index (χ0v) is 24.8. The Morgan fingerprint density at radius 3 is 2.60 bits per heavy atom. The lowest BCUT2D eigenvalue weighted by molar-refractivity contribution is 0.0939. The van der Waals surface area contributed by atoms with E-state index in [1.165, 1.54) is 35.4 Å². The molecule has 1 aromatic heterocycles. The van der Waals surface area contributed by atoms with Crippen LogP contribution in [0.15, 0.2) is 54.6 Å². The van der Waals surface area contributed by atoms with Gasteiger partial charge in [0.2, 0.25) is 0 Å². The fourth-order valence-corrected chi connectivity index (χ4v) is 7.26. The Morgan fingerprint density at radius 1 is 1.07 bits per heavy atom. The molecule has 2 fully saturated rings. The summed E-state index contributed by atoms with van der Waals surface area (Å²) >= 11 is 1.82. The molecule has 1 aliphatic carbocycles. The van der Waals surface area contributed by atoms with Crippen molar-refractivity contribution in [3.8, 4) is 10.4 Å². The molecule has 1 amide bonds. The van der Waals surface area contributed by atoms with Gasteiger partial charge in [-0.05, 0) is 73.7 Å². The molecule has 0 radical (unpaired) electrons. The third kappa shape index (κ3) is 7.60. The van der Waals surface area contributed by atoms with Crippen molar-refractivity contribution >= 4 is 30.5 Å². The van der Waals surface area contributed by atoms with Crippen molar-refractivity contribution in [3.63, 3.8) is 0 Å². The highest BCUT2D eigenvalue weighted by atomic mass is 32.1. The van der Waals surface area contributed by atoms with Crippen LogP contribution in [0.5, 0.6) is 0 Å². The SMILES string of the molecule is Cc1ccc(NC2CN(CP(=O)(O)O)C2)cc1C(=O)N[C@H](C)c1cccc(-c2ccc(CNC3CCCC3)s2)c1. The molecule has 5 rings (SSSR count). The van der Waals surface area contributed by atoms with E-state index in [1.54, 1.807) is 4.90 Å². The monoisotopic (exact) mass is 582 g/mol. The number of carbonyl (C=O) groups excluding carboxylic acids is 1. The van der Waals surface area contributed by atoms with E-state index in [4.69, 9.17) is 9.79 Å². The number of anilines is 1. The Labute approximate surface area is 240 Å². The number of nitrogens with one attached hydrogen (secondary N) is 3. The number of carbonyl (C=O) groups is 1. The first-order valence-corrected chi connectivity index (χ1v) is 16.6. The molecule has 3 aromatic rings. The third-order valence-corrected chi connectivity index (χ3v) is 9.70. The first-order valence-electron chi connectivity index (χ1n) is 14.0. The van der Waals surface area contributed by atoms with Gasteiger partial charge in [0.25, 0.3) is 5.91 Å². The number of amides is 1. The highest BCUT2D eigenvalue weighted by Gasteiger charge is 2.31. The van der Waals surface area contributed by atoms with Gasteiger partial charge in [0.15, 0.2) is 0 Å². The fraction of sp³-hybridized carbons (Fsp3) is 0.433. The van der Waals surface area contributed by atoms with Crippen LogP contribution in [0.3, 0.4) is 0 Å². The molecule has 2 aliphatic rings. The van der Waals surface area contributed by atoms with Crippen LogP contribution in [-0.4, -0.2) is 52.1 Å². The van der Waals surface area contributed by atoms with Gasteiger partial charge < -0.3 is 25.7 Å². The zero-order chi connectivity index (χ0) is 28.3. The molecule has 2 aromatic carbocycles. The number of hydrogen-bond acceptors (Lipinski definition) is 6. The molecule has 0 spiro atoms. The van der Waals surface area contributed by atoms with Gasteiger partial charge in [-0.15, -0.1) is 11.3 Å². The van der Waals surface area contributed by atoms with Crippen LogP contribution in [0.1, 0.15) is 65.0 Å². The molecule has 1 saturated carbocycles. The summed E-state index contributed by atoms with van der Waals surface area (Å²) in [6.07, 6.45) is 5.01. The predicted molar refractivity (Wildman–Crippen MR) is 162 cm³/mol. The van der Waals surface area contributed by atoms with Gasteiger partial charge >= 0.3 is 7.60 Å². The topological polar surface area (TPSA) is 114 Å². The minimum atomic E-state index is -4.05. The maximum absolute atomic E-state index is 13.3. The minimum absolute atomic E-state index is 0.0862. The summed E-state index contributed by atoms with van der Waals surface area (Å²) in [4.78, 5) is 35.9.